The number of alkyl halides is 2. The number of carbonyl (C=O) groups excluding carboxylic acids is 2. The molecule has 23 heavy (non-hydrogen) atoms. The molecular weight excluding hydrogens is 377 g/mol. The number of ether oxygens (including phenoxy) is 1. The van der Waals surface area contributed by atoms with Gasteiger partial charge in [-0.2, -0.15) is 8.78 Å². The molecule has 2 aromatic rings. The maximum atomic E-state index is 13.2. The molecule has 0 spiro atoms. The van der Waals surface area contributed by atoms with Gasteiger partial charge in [0, 0.05) is 11.1 Å². The zero-order valence-electron chi connectivity index (χ0n) is 11.8. The number of aryl methyl sites for hydroxylation is 1. The maximum Gasteiger partial charge on any atom is 0.387 e. The van der Waals surface area contributed by atoms with Crippen molar-refractivity contribution in [3.8, 4) is 5.75 Å². The van der Waals surface area contributed by atoms with E-state index in [0.717, 1.165) is 6.07 Å². The molecule has 0 heterocycles. The predicted octanol–water partition coefficient (Wildman–Crippen LogP) is 4.56. The van der Waals surface area contributed by atoms with Crippen molar-refractivity contribution in [3.05, 3.63) is 63.4 Å². The molecule has 3 nitrogen and oxygen atoms in total. The Morgan fingerprint density at radius 3 is 2.13 bits per heavy atom. The number of hydrogen-bond donors (Lipinski definition) is 0. The topological polar surface area (TPSA) is 43.4 Å². The molecule has 7 heteroatoms. The molecule has 0 radical (unpaired) electrons. The first-order chi connectivity index (χ1) is 10.8. The zero-order valence-corrected chi connectivity index (χ0v) is 13.4. The van der Waals surface area contributed by atoms with Crippen LogP contribution in [-0.4, -0.2) is 18.2 Å². The second-order valence-electron chi connectivity index (χ2n) is 4.65. The minimum Gasteiger partial charge on any atom is -0.435 e. The van der Waals surface area contributed by atoms with Crippen molar-refractivity contribution in [1.29, 1.82) is 0 Å². The SMILES string of the molecule is Cc1cc(C(=O)C(=O)c2ccc(F)c(Br)c2)ccc1OC(F)F. The van der Waals surface area contributed by atoms with Crippen LogP contribution in [-0.2, 0) is 0 Å². The van der Waals surface area contributed by atoms with Crippen LogP contribution in [0.1, 0.15) is 26.3 Å². The lowest BCUT2D eigenvalue weighted by atomic mass is 10.00. The van der Waals surface area contributed by atoms with Gasteiger partial charge in [-0.05, 0) is 64.8 Å². The van der Waals surface area contributed by atoms with Gasteiger partial charge >= 0.3 is 6.61 Å². The first-order valence-corrected chi connectivity index (χ1v) is 7.18. The number of ketones is 2. The van der Waals surface area contributed by atoms with E-state index < -0.39 is 24.0 Å². The third-order valence-electron chi connectivity index (χ3n) is 3.04. The molecule has 0 saturated carbocycles. The van der Waals surface area contributed by atoms with E-state index in [2.05, 4.69) is 20.7 Å². The number of benzene rings is 2. The van der Waals surface area contributed by atoms with Crippen LogP contribution in [0.4, 0.5) is 13.2 Å². The lowest BCUT2D eigenvalue weighted by molar-refractivity contribution is -0.0502. The van der Waals surface area contributed by atoms with Crippen molar-refractivity contribution >= 4 is 27.5 Å². The molecule has 0 unspecified atom stereocenters. The van der Waals surface area contributed by atoms with E-state index in [9.17, 15) is 22.8 Å². The van der Waals surface area contributed by atoms with Crippen molar-refractivity contribution in [2.45, 2.75) is 13.5 Å². The van der Waals surface area contributed by atoms with Crippen LogP contribution in [0.3, 0.4) is 0 Å². The summed E-state index contributed by atoms with van der Waals surface area (Å²) in [4.78, 5) is 24.3. The Labute approximate surface area is 138 Å². The van der Waals surface area contributed by atoms with E-state index in [1.807, 2.05) is 0 Å². The van der Waals surface area contributed by atoms with E-state index >= 15 is 0 Å². The fourth-order valence-corrected chi connectivity index (χ4v) is 2.30. The van der Waals surface area contributed by atoms with E-state index in [0.29, 0.717) is 5.56 Å². The van der Waals surface area contributed by atoms with Gasteiger partial charge in [-0.25, -0.2) is 4.39 Å². The molecule has 0 aliphatic carbocycles. The summed E-state index contributed by atoms with van der Waals surface area (Å²) in [5.74, 6) is -2.28. The van der Waals surface area contributed by atoms with E-state index in [1.54, 1.807) is 0 Å². The summed E-state index contributed by atoms with van der Waals surface area (Å²) in [6.45, 7) is -1.50. The van der Waals surface area contributed by atoms with E-state index in [1.165, 1.54) is 37.3 Å². The zero-order chi connectivity index (χ0) is 17.1. The molecule has 0 bridgehead atoms. The highest BCUT2D eigenvalue weighted by Gasteiger charge is 2.20. The average molecular weight is 387 g/mol. The summed E-state index contributed by atoms with van der Waals surface area (Å²) in [5, 5.41) is 0. The highest BCUT2D eigenvalue weighted by Crippen LogP contribution is 2.23. The lowest BCUT2D eigenvalue weighted by Crippen LogP contribution is -2.15. The molecule has 2 rings (SSSR count). The number of halogens is 4. The quantitative estimate of drug-likeness (QED) is 0.558. The molecule has 0 atom stereocenters. The fourth-order valence-electron chi connectivity index (χ4n) is 1.92. The van der Waals surface area contributed by atoms with Crippen LogP contribution in [0.15, 0.2) is 40.9 Å². The summed E-state index contributed by atoms with van der Waals surface area (Å²) >= 11 is 2.94. The number of rotatable bonds is 5. The summed E-state index contributed by atoms with van der Waals surface area (Å²) < 4.78 is 41.9. The smallest absolute Gasteiger partial charge is 0.387 e. The minimum atomic E-state index is -2.98. The third kappa shape index (κ3) is 3.98. The van der Waals surface area contributed by atoms with Crippen LogP contribution in [0.5, 0.6) is 5.75 Å². The Kier molecular flexibility index (Phi) is 5.20. The van der Waals surface area contributed by atoms with Gasteiger partial charge in [-0.3, -0.25) is 9.59 Å². The first-order valence-electron chi connectivity index (χ1n) is 6.39. The van der Waals surface area contributed by atoms with Crippen molar-refractivity contribution < 1.29 is 27.5 Å². The van der Waals surface area contributed by atoms with Crippen LogP contribution in [0, 0.1) is 12.7 Å². The summed E-state index contributed by atoms with van der Waals surface area (Å²) in [5.41, 5.74) is 0.354. The van der Waals surface area contributed by atoms with Gasteiger partial charge in [0.05, 0.1) is 4.47 Å². The largest absolute Gasteiger partial charge is 0.435 e. The van der Waals surface area contributed by atoms with E-state index in [4.69, 9.17) is 0 Å². The third-order valence-corrected chi connectivity index (χ3v) is 3.65. The molecule has 0 aliphatic rings. The highest BCUT2D eigenvalue weighted by molar-refractivity contribution is 9.10. The Balaban J connectivity index is 2.27. The van der Waals surface area contributed by atoms with Gasteiger partial charge in [0.1, 0.15) is 11.6 Å². The van der Waals surface area contributed by atoms with Crippen molar-refractivity contribution in [2.75, 3.05) is 0 Å². The standard InChI is InChI=1S/C16H10BrF3O3/c1-8-6-9(3-5-13(8)23-16(19)20)14(21)15(22)10-2-4-12(18)11(17)7-10/h2-7,16H,1H3. The second kappa shape index (κ2) is 6.95. The number of hydrogen-bond acceptors (Lipinski definition) is 3. The van der Waals surface area contributed by atoms with Gasteiger partial charge in [0.2, 0.25) is 11.6 Å². The summed E-state index contributed by atoms with van der Waals surface area (Å²) in [6.07, 6.45) is 0. The number of carbonyl (C=O) groups is 2. The van der Waals surface area contributed by atoms with Crippen LogP contribution < -0.4 is 4.74 Å². The maximum absolute atomic E-state index is 13.2. The normalized spacial score (nSPS) is 10.7. The highest BCUT2D eigenvalue weighted by atomic mass is 79.9. The Hall–Kier alpha value is -2.15. The molecule has 2 aromatic carbocycles. The first kappa shape index (κ1) is 17.2. The molecule has 0 saturated heterocycles. The van der Waals surface area contributed by atoms with Gasteiger partial charge < -0.3 is 4.74 Å². The lowest BCUT2D eigenvalue weighted by Gasteiger charge is -2.09. The summed E-state index contributed by atoms with van der Waals surface area (Å²) in [7, 11) is 0. The average Bonchev–Trinajstić information content (AvgIpc) is 2.50. The predicted molar refractivity (Wildman–Crippen MR) is 80.6 cm³/mol. The Bertz CT molecular complexity index is 775. The summed E-state index contributed by atoms with van der Waals surface area (Å²) in [6, 6.07) is 7.18. The molecule has 0 fully saturated rings. The van der Waals surface area contributed by atoms with Crippen molar-refractivity contribution in [2.24, 2.45) is 0 Å². The van der Waals surface area contributed by atoms with E-state index in [-0.39, 0.29) is 21.3 Å². The molecule has 0 N–H and O–H groups in total. The monoisotopic (exact) mass is 386 g/mol. The van der Waals surface area contributed by atoms with Crippen molar-refractivity contribution in [1.82, 2.24) is 0 Å². The van der Waals surface area contributed by atoms with Gasteiger partial charge in [0.15, 0.2) is 0 Å². The second-order valence-corrected chi connectivity index (χ2v) is 5.50. The Morgan fingerprint density at radius 1 is 1.04 bits per heavy atom. The van der Waals surface area contributed by atoms with Gasteiger partial charge in [-0.15, -0.1) is 0 Å². The van der Waals surface area contributed by atoms with Crippen LogP contribution in [0.25, 0.3) is 0 Å². The van der Waals surface area contributed by atoms with Crippen LogP contribution >= 0.6 is 15.9 Å². The molecule has 0 aromatic heterocycles. The number of Topliss-reactive ketones (excluding diaryl/α,β-unsaturated/α-hetero) is 2. The van der Waals surface area contributed by atoms with Crippen LogP contribution in [0.2, 0.25) is 0 Å². The Morgan fingerprint density at radius 2 is 1.61 bits per heavy atom. The van der Waals surface area contributed by atoms with Gasteiger partial charge in [0.25, 0.3) is 0 Å². The molecule has 120 valence electrons. The molecule has 0 aliphatic heterocycles. The van der Waals surface area contributed by atoms with Gasteiger partial charge in [-0.1, -0.05) is 0 Å². The fraction of sp³-hybridized carbons (Fsp3) is 0.125. The van der Waals surface area contributed by atoms with Crippen molar-refractivity contribution in [3.63, 3.8) is 0 Å². The molecule has 0 amide bonds. The minimum absolute atomic E-state index is 0.0221. The molecular formula is C16H10BrF3O3.